The Morgan fingerprint density at radius 3 is 2.32 bits per heavy atom. The van der Waals surface area contributed by atoms with E-state index in [0.29, 0.717) is 12.5 Å². The average molecular weight is 265 g/mol. The van der Waals surface area contributed by atoms with Crippen LogP contribution in [-0.2, 0) is 0 Å². The zero-order valence-corrected chi connectivity index (χ0v) is 12.0. The van der Waals surface area contributed by atoms with Crippen molar-refractivity contribution in [2.24, 2.45) is 0 Å². The van der Waals surface area contributed by atoms with E-state index in [1.807, 2.05) is 13.0 Å². The highest BCUT2D eigenvalue weighted by Crippen LogP contribution is 2.40. The number of hydrogen-bond donors (Lipinski definition) is 1. The van der Waals surface area contributed by atoms with E-state index in [2.05, 4.69) is 11.4 Å². The third-order valence-corrected chi connectivity index (χ3v) is 3.59. The van der Waals surface area contributed by atoms with Gasteiger partial charge in [0.1, 0.15) is 5.75 Å². The molecule has 1 N–H and O–H groups in total. The number of piperidine rings is 1. The fraction of sp³-hybridized carbons (Fsp3) is 0.600. The average Bonchev–Trinajstić information content (AvgIpc) is 2.48. The molecule has 1 heterocycles. The zero-order valence-electron chi connectivity index (χ0n) is 12.0. The molecular weight excluding hydrogens is 242 g/mol. The van der Waals surface area contributed by atoms with E-state index in [-0.39, 0.29) is 0 Å². The molecule has 0 amide bonds. The third kappa shape index (κ3) is 3.13. The lowest BCUT2D eigenvalue weighted by molar-refractivity contribution is 0.306. The molecule has 1 aromatic rings. The molecule has 0 atom stereocenters. The van der Waals surface area contributed by atoms with Crippen LogP contribution < -0.4 is 19.5 Å². The minimum Gasteiger partial charge on any atom is -0.496 e. The first kappa shape index (κ1) is 14.0. The van der Waals surface area contributed by atoms with Gasteiger partial charge in [-0.05, 0) is 44.8 Å². The Kier molecular flexibility index (Phi) is 4.91. The molecule has 1 aromatic carbocycles. The van der Waals surface area contributed by atoms with Crippen molar-refractivity contribution in [2.45, 2.75) is 25.7 Å². The third-order valence-electron chi connectivity index (χ3n) is 3.59. The normalized spacial score (nSPS) is 16.2. The Morgan fingerprint density at radius 2 is 1.74 bits per heavy atom. The fourth-order valence-electron chi connectivity index (χ4n) is 2.61. The van der Waals surface area contributed by atoms with Crippen LogP contribution in [0.2, 0.25) is 0 Å². The van der Waals surface area contributed by atoms with Crippen LogP contribution in [0.5, 0.6) is 17.2 Å². The van der Waals surface area contributed by atoms with Crippen LogP contribution in [0.25, 0.3) is 0 Å². The van der Waals surface area contributed by atoms with Crippen LogP contribution in [0.3, 0.4) is 0 Å². The molecule has 1 saturated heterocycles. The summed E-state index contributed by atoms with van der Waals surface area (Å²) in [4.78, 5) is 0. The number of nitrogens with one attached hydrogen (secondary N) is 1. The van der Waals surface area contributed by atoms with Crippen LogP contribution in [0.15, 0.2) is 12.1 Å². The van der Waals surface area contributed by atoms with Gasteiger partial charge in [0.05, 0.1) is 20.8 Å². The summed E-state index contributed by atoms with van der Waals surface area (Å²) in [5, 5.41) is 3.39. The molecule has 0 aromatic heterocycles. The van der Waals surface area contributed by atoms with E-state index in [9.17, 15) is 0 Å². The van der Waals surface area contributed by atoms with Gasteiger partial charge in [-0.2, -0.15) is 0 Å². The van der Waals surface area contributed by atoms with Gasteiger partial charge in [-0.15, -0.1) is 0 Å². The van der Waals surface area contributed by atoms with Crippen LogP contribution in [-0.4, -0.2) is 33.9 Å². The van der Waals surface area contributed by atoms with Crippen LogP contribution >= 0.6 is 0 Å². The molecule has 0 bridgehead atoms. The smallest absolute Gasteiger partial charge is 0.164 e. The minimum atomic E-state index is 0.529. The highest BCUT2D eigenvalue weighted by atomic mass is 16.5. The highest BCUT2D eigenvalue weighted by molar-refractivity contribution is 5.52. The maximum Gasteiger partial charge on any atom is 0.164 e. The van der Waals surface area contributed by atoms with Crippen LogP contribution in [0.1, 0.15) is 31.2 Å². The van der Waals surface area contributed by atoms with Crippen molar-refractivity contribution in [3.05, 3.63) is 17.7 Å². The predicted octanol–water partition coefficient (Wildman–Crippen LogP) is 2.57. The SMILES string of the molecule is CCOc1cc(C2CCNCC2)c(OC)cc1OC. The zero-order chi connectivity index (χ0) is 13.7. The van der Waals surface area contributed by atoms with Crippen molar-refractivity contribution in [3.63, 3.8) is 0 Å². The highest BCUT2D eigenvalue weighted by Gasteiger charge is 2.21. The van der Waals surface area contributed by atoms with Gasteiger partial charge in [-0.1, -0.05) is 0 Å². The summed E-state index contributed by atoms with van der Waals surface area (Å²) in [5.74, 6) is 2.96. The van der Waals surface area contributed by atoms with Crippen molar-refractivity contribution in [2.75, 3.05) is 33.9 Å². The Hall–Kier alpha value is -1.42. The molecule has 4 nitrogen and oxygen atoms in total. The van der Waals surface area contributed by atoms with E-state index in [1.54, 1.807) is 14.2 Å². The summed E-state index contributed by atoms with van der Waals surface area (Å²) in [6, 6.07) is 4.01. The van der Waals surface area contributed by atoms with Gasteiger partial charge in [-0.3, -0.25) is 0 Å². The molecule has 0 spiro atoms. The summed E-state index contributed by atoms with van der Waals surface area (Å²) in [6.45, 7) is 4.73. The summed E-state index contributed by atoms with van der Waals surface area (Å²) >= 11 is 0. The van der Waals surface area contributed by atoms with Gasteiger partial charge in [0.15, 0.2) is 11.5 Å². The van der Waals surface area contributed by atoms with Gasteiger partial charge in [0.25, 0.3) is 0 Å². The molecule has 0 unspecified atom stereocenters. The second-order valence-electron chi connectivity index (χ2n) is 4.70. The van der Waals surface area contributed by atoms with Crippen molar-refractivity contribution < 1.29 is 14.2 Å². The second-order valence-corrected chi connectivity index (χ2v) is 4.70. The first-order valence-electron chi connectivity index (χ1n) is 6.89. The number of benzene rings is 1. The molecule has 106 valence electrons. The van der Waals surface area contributed by atoms with Crippen molar-refractivity contribution in [1.29, 1.82) is 0 Å². The second kappa shape index (κ2) is 6.66. The molecule has 0 aliphatic carbocycles. The lowest BCUT2D eigenvalue weighted by Crippen LogP contribution is -2.26. The molecule has 2 rings (SSSR count). The van der Waals surface area contributed by atoms with Crippen LogP contribution in [0.4, 0.5) is 0 Å². The first-order chi connectivity index (χ1) is 9.30. The lowest BCUT2D eigenvalue weighted by Gasteiger charge is -2.25. The summed E-state index contributed by atoms with van der Waals surface area (Å²) < 4.78 is 16.5. The molecule has 0 radical (unpaired) electrons. The molecule has 0 saturated carbocycles. The van der Waals surface area contributed by atoms with E-state index in [1.165, 1.54) is 5.56 Å². The molecule has 4 heteroatoms. The molecule has 19 heavy (non-hydrogen) atoms. The number of hydrogen-bond acceptors (Lipinski definition) is 4. The number of rotatable bonds is 5. The maximum atomic E-state index is 5.66. The Bertz CT molecular complexity index is 414. The van der Waals surface area contributed by atoms with E-state index in [0.717, 1.165) is 43.2 Å². The van der Waals surface area contributed by atoms with Crippen molar-refractivity contribution in [1.82, 2.24) is 5.32 Å². The molecule has 1 aliphatic heterocycles. The van der Waals surface area contributed by atoms with Gasteiger partial charge in [0, 0.05) is 11.6 Å². The summed E-state index contributed by atoms with van der Waals surface area (Å²) in [7, 11) is 3.36. The largest absolute Gasteiger partial charge is 0.496 e. The quantitative estimate of drug-likeness (QED) is 0.888. The topological polar surface area (TPSA) is 39.7 Å². The first-order valence-corrected chi connectivity index (χ1v) is 6.89. The Morgan fingerprint density at radius 1 is 1.05 bits per heavy atom. The standard InChI is InChI=1S/C15H23NO3/c1-4-19-15-9-12(11-5-7-16-8-6-11)13(17-2)10-14(15)18-3/h9-11,16H,4-8H2,1-3H3. The van der Waals surface area contributed by atoms with Crippen LogP contribution in [0, 0.1) is 0 Å². The number of ether oxygens (including phenoxy) is 3. The van der Waals surface area contributed by atoms with E-state index >= 15 is 0 Å². The molecular formula is C15H23NO3. The summed E-state index contributed by atoms with van der Waals surface area (Å²) in [6.07, 6.45) is 2.27. The monoisotopic (exact) mass is 265 g/mol. The fourth-order valence-corrected chi connectivity index (χ4v) is 2.61. The van der Waals surface area contributed by atoms with Crippen molar-refractivity contribution in [3.8, 4) is 17.2 Å². The molecule has 1 fully saturated rings. The minimum absolute atomic E-state index is 0.529. The Labute approximate surface area is 115 Å². The predicted molar refractivity (Wildman–Crippen MR) is 75.6 cm³/mol. The summed E-state index contributed by atoms with van der Waals surface area (Å²) in [5.41, 5.74) is 1.23. The number of methoxy groups -OCH3 is 2. The van der Waals surface area contributed by atoms with E-state index < -0.39 is 0 Å². The van der Waals surface area contributed by atoms with E-state index in [4.69, 9.17) is 14.2 Å². The van der Waals surface area contributed by atoms with Gasteiger partial charge in [0.2, 0.25) is 0 Å². The lowest BCUT2D eigenvalue weighted by atomic mass is 9.89. The molecule has 1 aliphatic rings. The van der Waals surface area contributed by atoms with Gasteiger partial charge < -0.3 is 19.5 Å². The Balaban J connectivity index is 2.36. The maximum absolute atomic E-state index is 5.66. The van der Waals surface area contributed by atoms with Crippen molar-refractivity contribution >= 4 is 0 Å². The van der Waals surface area contributed by atoms with Gasteiger partial charge in [-0.25, -0.2) is 0 Å². The van der Waals surface area contributed by atoms with Gasteiger partial charge >= 0.3 is 0 Å².